The number of ether oxygens (including phenoxy) is 3. The van der Waals surface area contributed by atoms with Crippen molar-refractivity contribution in [3.63, 3.8) is 0 Å². The molecule has 0 saturated heterocycles. The maximum atomic E-state index is 12.8. The number of carbonyl (C=O) groups excluding carboxylic acids is 2. The Hall–Kier alpha value is -3.96. The molecule has 0 aromatic heterocycles. The van der Waals surface area contributed by atoms with Crippen molar-refractivity contribution < 1.29 is 23.8 Å². The molecule has 0 amide bonds. The third kappa shape index (κ3) is 54.6. The van der Waals surface area contributed by atoms with Gasteiger partial charge in [0.15, 0.2) is 6.10 Å². The van der Waals surface area contributed by atoms with Crippen molar-refractivity contribution >= 4 is 11.9 Å². The van der Waals surface area contributed by atoms with Gasteiger partial charge in [-0.2, -0.15) is 0 Å². The Morgan fingerprint density at radius 2 is 0.691 bits per heavy atom. The average molecular weight is 940 g/mol. The van der Waals surface area contributed by atoms with E-state index in [-0.39, 0.29) is 25.2 Å². The predicted molar refractivity (Wildman–Crippen MR) is 297 cm³/mol. The summed E-state index contributed by atoms with van der Waals surface area (Å²) in [6.07, 6.45) is 81.9. The molecule has 0 aliphatic heterocycles. The second-order valence-electron chi connectivity index (χ2n) is 17.7. The molecule has 0 N–H and O–H groups in total. The highest BCUT2D eigenvalue weighted by Gasteiger charge is 2.17. The summed E-state index contributed by atoms with van der Waals surface area (Å²) in [6.45, 7) is 7.44. The van der Waals surface area contributed by atoms with Gasteiger partial charge in [0.1, 0.15) is 6.61 Å². The van der Waals surface area contributed by atoms with Crippen LogP contribution in [0.2, 0.25) is 0 Å². The highest BCUT2D eigenvalue weighted by atomic mass is 16.6. The lowest BCUT2D eigenvalue weighted by molar-refractivity contribution is -0.163. The number of esters is 2. The standard InChI is InChI=1S/C63H102O5/c1-4-7-10-13-16-19-22-25-27-29-31-33-35-37-40-43-46-49-52-55-58-66-59-61(68-63(65)57-54-51-48-45-42-38-24-21-18-15-12-9-6-3)60-67-62(64)56-53-50-47-44-41-39-36-34-32-30-28-26-23-20-17-14-11-8-5-2/h7,10,12,15-17,19-21,24-28,31-34,37,40,46,49,61H,4-6,8-9,11,13-14,18,22-23,29-30,35-36,38-39,41-45,47-48,50-60H2,1-3H3/b10-7-,15-12-,19-16-,20-17-,24-21-,27-25-,28-26-,33-31-,34-32-,40-37-,49-46-. The Balaban J connectivity index is 4.43. The Morgan fingerprint density at radius 3 is 1.12 bits per heavy atom. The van der Waals surface area contributed by atoms with E-state index in [4.69, 9.17) is 14.2 Å². The first kappa shape index (κ1) is 64.0. The van der Waals surface area contributed by atoms with Crippen LogP contribution in [0.5, 0.6) is 0 Å². The van der Waals surface area contributed by atoms with Crippen LogP contribution in [0.15, 0.2) is 134 Å². The average Bonchev–Trinajstić information content (AvgIpc) is 3.34. The Bertz CT molecular complexity index is 1430. The van der Waals surface area contributed by atoms with Gasteiger partial charge in [0, 0.05) is 19.4 Å². The van der Waals surface area contributed by atoms with Gasteiger partial charge in [-0.15, -0.1) is 0 Å². The van der Waals surface area contributed by atoms with Crippen molar-refractivity contribution in [2.75, 3.05) is 19.8 Å². The highest BCUT2D eigenvalue weighted by Crippen LogP contribution is 2.12. The van der Waals surface area contributed by atoms with E-state index in [1.165, 1.54) is 64.2 Å². The van der Waals surface area contributed by atoms with Gasteiger partial charge in [-0.3, -0.25) is 9.59 Å². The van der Waals surface area contributed by atoms with Crippen LogP contribution in [0.3, 0.4) is 0 Å². The highest BCUT2D eigenvalue weighted by molar-refractivity contribution is 5.70. The van der Waals surface area contributed by atoms with Crippen molar-refractivity contribution in [1.82, 2.24) is 0 Å². The molecule has 0 aromatic rings. The summed E-state index contributed by atoms with van der Waals surface area (Å²) in [6, 6.07) is 0. The number of hydrogen-bond donors (Lipinski definition) is 0. The van der Waals surface area contributed by atoms with Crippen molar-refractivity contribution in [3.8, 4) is 0 Å². The Labute approximate surface area is 419 Å². The molecule has 0 heterocycles. The number of rotatable bonds is 49. The van der Waals surface area contributed by atoms with Crippen molar-refractivity contribution in [2.24, 2.45) is 0 Å². The second-order valence-corrected chi connectivity index (χ2v) is 17.7. The second kappa shape index (κ2) is 57.4. The predicted octanol–water partition coefficient (Wildman–Crippen LogP) is 19.1. The van der Waals surface area contributed by atoms with E-state index in [1.807, 2.05) is 0 Å². The fraction of sp³-hybridized carbons (Fsp3) is 0.619. The molecule has 0 saturated carbocycles. The first-order chi connectivity index (χ1) is 33.6. The maximum absolute atomic E-state index is 12.8. The summed E-state index contributed by atoms with van der Waals surface area (Å²) in [5, 5.41) is 0. The van der Waals surface area contributed by atoms with Crippen LogP contribution in [0, 0.1) is 0 Å². The van der Waals surface area contributed by atoms with Gasteiger partial charge in [-0.25, -0.2) is 0 Å². The van der Waals surface area contributed by atoms with Gasteiger partial charge < -0.3 is 14.2 Å². The zero-order chi connectivity index (χ0) is 49.2. The summed E-state index contributed by atoms with van der Waals surface area (Å²) >= 11 is 0. The van der Waals surface area contributed by atoms with Gasteiger partial charge >= 0.3 is 11.9 Å². The summed E-state index contributed by atoms with van der Waals surface area (Å²) < 4.78 is 17.4. The van der Waals surface area contributed by atoms with E-state index < -0.39 is 6.10 Å². The molecule has 0 rings (SSSR count). The number of unbranched alkanes of at least 4 members (excludes halogenated alkanes) is 16. The first-order valence-electron chi connectivity index (χ1n) is 27.7. The topological polar surface area (TPSA) is 61.8 Å². The van der Waals surface area contributed by atoms with Gasteiger partial charge in [-0.05, 0) is 128 Å². The van der Waals surface area contributed by atoms with Gasteiger partial charge in [-0.1, -0.05) is 219 Å². The number of carbonyl (C=O) groups is 2. The number of allylic oxidation sites excluding steroid dienone is 22. The quantitative estimate of drug-likeness (QED) is 0.0345. The molecule has 0 spiro atoms. The van der Waals surface area contributed by atoms with Gasteiger partial charge in [0.2, 0.25) is 0 Å². The van der Waals surface area contributed by atoms with Crippen LogP contribution in [0.1, 0.15) is 226 Å². The van der Waals surface area contributed by atoms with Crippen molar-refractivity contribution in [1.29, 1.82) is 0 Å². The van der Waals surface area contributed by atoms with Crippen LogP contribution >= 0.6 is 0 Å². The SMILES string of the molecule is CC/C=C\C/C=C\C/C=C\C/C=C\C/C=C\C/C=C\CCCOCC(COC(=O)CCCCCCCC/C=C\C/C=C\C/C=C\CCCCC)OC(=O)CCCCCCC/C=C\C/C=C\CCC. The number of hydrogen-bond acceptors (Lipinski definition) is 5. The van der Waals surface area contributed by atoms with Crippen LogP contribution in [-0.4, -0.2) is 37.9 Å². The van der Waals surface area contributed by atoms with Crippen LogP contribution in [-0.2, 0) is 23.8 Å². The Kier molecular flexibility index (Phi) is 54.0. The lowest BCUT2D eigenvalue weighted by atomic mass is 10.1. The van der Waals surface area contributed by atoms with E-state index in [1.54, 1.807) is 0 Å². The van der Waals surface area contributed by atoms with E-state index in [9.17, 15) is 9.59 Å². The fourth-order valence-electron chi connectivity index (χ4n) is 7.04. The van der Waals surface area contributed by atoms with E-state index >= 15 is 0 Å². The Morgan fingerprint density at radius 1 is 0.338 bits per heavy atom. The molecule has 0 aliphatic rings. The minimum Gasteiger partial charge on any atom is -0.462 e. The van der Waals surface area contributed by atoms with Gasteiger partial charge in [0.05, 0.1) is 6.61 Å². The van der Waals surface area contributed by atoms with Gasteiger partial charge in [0.25, 0.3) is 0 Å². The monoisotopic (exact) mass is 939 g/mol. The first-order valence-corrected chi connectivity index (χ1v) is 27.7. The summed E-state index contributed by atoms with van der Waals surface area (Å²) in [5.74, 6) is -0.468. The fourth-order valence-corrected chi connectivity index (χ4v) is 7.04. The molecule has 1 atom stereocenters. The molecule has 1 unspecified atom stereocenters. The molecule has 5 heteroatoms. The van der Waals surface area contributed by atoms with Crippen molar-refractivity contribution in [2.45, 2.75) is 232 Å². The minimum atomic E-state index is -0.590. The summed E-state index contributed by atoms with van der Waals surface area (Å²) in [5.41, 5.74) is 0. The third-order valence-electron chi connectivity index (χ3n) is 11.1. The van der Waals surface area contributed by atoms with Crippen LogP contribution in [0.25, 0.3) is 0 Å². The molecule has 0 bridgehead atoms. The molecule has 0 aliphatic carbocycles. The van der Waals surface area contributed by atoms with Crippen LogP contribution in [0.4, 0.5) is 0 Å². The van der Waals surface area contributed by atoms with Crippen LogP contribution < -0.4 is 0 Å². The molecular weight excluding hydrogens is 837 g/mol. The normalized spacial score (nSPS) is 13.3. The molecule has 0 aromatic carbocycles. The zero-order valence-electron chi connectivity index (χ0n) is 44.1. The third-order valence-corrected chi connectivity index (χ3v) is 11.1. The maximum Gasteiger partial charge on any atom is 0.306 e. The lowest BCUT2D eigenvalue weighted by Gasteiger charge is -2.18. The van der Waals surface area contributed by atoms with Crippen molar-refractivity contribution in [3.05, 3.63) is 134 Å². The minimum absolute atomic E-state index is 0.0408. The smallest absolute Gasteiger partial charge is 0.306 e. The van der Waals surface area contributed by atoms with E-state index in [2.05, 4.69) is 154 Å². The molecule has 5 nitrogen and oxygen atoms in total. The molecular formula is C63H102O5. The molecule has 68 heavy (non-hydrogen) atoms. The molecule has 0 fully saturated rings. The molecule has 384 valence electrons. The summed E-state index contributed by atoms with van der Waals surface area (Å²) in [4.78, 5) is 25.5. The zero-order valence-corrected chi connectivity index (χ0v) is 44.1. The molecule has 0 radical (unpaired) electrons. The van der Waals surface area contributed by atoms with E-state index in [0.29, 0.717) is 19.4 Å². The lowest BCUT2D eigenvalue weighted by Crippen LogP contribution is -2.30. The summed E-state index contributed by atoms with van der Waals surface area (Å²) in [7, 11) is 0. The van der Waals surface area contributed by atoms with E-state index in [0.717, 1.165) is 128 Å². The largest absolute Gasteiger partial charge is 0.462 e.